The fourth-order valence-electron chi connectivity index (χ4n) is 2.17. The average Bonchev–Trinajstić information content (AvgIpc) is 2.49. The van der Waals surface area contributed by atoms with Crippen molar-refractivity contribution in [1.29, 1.82) is 0 Å². The first kappa shape index (κ1) is 15.1. The Hall–Kier alpha value is -2.29. The molecule has 2 aromatic carbocycles. The number of methoxy groups -OCH3 is 1. The van der Waals surface area contributed by atoms with Crippen LogP contribution in [0.1, 0.15) is 30.4 Å². The number of aryl methyl sites for hydroxylation is 1. The van der Waals surface area contributed by atoms with Crippen LogP contribution < -0.4 is 9.47 Å². The number of hydrogen-bond acceptors (Lipinski definition) is 3. The molecule has 0 aliphatic rings. The van der Waals surface area contributed by atoms with Crippen LogP contribution >= 0.6 is 0 Å². The summed E-state index contributed by atoms with van der Waals surface area (Å²) < 4.78 is 10.7. The van der Waals surface area contributed by atoms with Crippen LogP contribution in [0.5, 0.6) is 11.5 Å². The summed E-state index contributed by atoms with van der Waals surface area (Å²) in [5.74, 6) is 0.910. The number of carbonyl (C=O) groups is 1. The van der Waals surface area contributed by atoms with E-state index in [9.17, 15) is 4.79 Å². The van der Waals surface area contributed by atoms with Gasteiger partial charge in [0.05, 0.1) is 13.5 Å². The molecule has 0 amide bonds. The van der Waals surface area contributed by atoms with Crippen LogP contribution in [0.25, 0.3) is 0 Å². The molecule has 0 N–H and O–H groups in total. The first-order chi connectivity index (χ1) is 10.1. The Kier molecular flexibility index (Phi) is 4.99. The molecule has 110 valence electrons. The lowest BCUT2D eigenvalue weighted by atomic mass is 9.98. The van der Waals surface area contributed by atoms with Crippen molar-refractivity contribution in [2.45, 2.75) is 26.2 Å². The summed E-state index contributed by atoms with van der Waals surface area (Å²) in [4.78, 5) is 12.1. The summed E-state index contributed by atoms with van der Waals surface area (Å²) in [5, 5.41) is 0. The van der Waals surface area contributed by atoms with Crippen molar-refractivity contribution in [1.82, 2.24) is 0 Å². The van der Waals surface area contributed by atoms with Gasteiger partial charge in [-0.15, -0.1) is 0 Å². The Bertz CT molecular complexity index is 605. The first-order valence-corrected chi connectivity index (χ1v) is 7.00. The van der Waals surface area contributed by atoms with Crippen LogP contribution in [-0.4, -0.2) is 13.1 Å². The van der Waals surface area contributed by atoms with E-state index in [4.69, 9.17) is 9.47 Å². The van der Waals surface area contributed by atoms with Gasteiger partial charge in [-0.2, -0.15) is 0 Å². The van der Waals surface area contributed by atoms with Crippen molar-refractivity contribution in [2.24, 2.45) is 0 Å². The van der Waals surface area contributed by atoms with Crippen LogP contribution in [-0.2, 0) is 4.79 Å². The van der Waals surface area contributed by atoms with E-state index in [1.807, 2.05) is 56.3 Å². The van der Waals surface area contributed by atoms with Gasteiger partial charge in [-0.05, 0) is 36.1 Å². The molecule has 3 heteroatoms. The Balaban J connectivity index is 2.02. The van der Waals surface area contributed by atoms with Crippen LogP contribution in [0.4, 0.5) is 0 Å². The predicted octanol–water partition coefficient (Wildman–Crippen LogP) is 4.10. The molecule has 0 fully saturated rings. The van der Waals surface area contributed by atoms with Crippen LogP contribution in [0, 0.1) is 6.92 Å². The molecule has 0 saturated heterocycles. The largest absolute Gasteiger partial charge is 0.493 e. The molecule has 0 aromatic heterocycles. The van der Waals surface area contributed by atoms with Gasteiger partial charge in [0.25, 0.3) is 0 Å². The zero-order valence-electron chi connectivity index (χ0n) is 12.6. The summed E-state index contributed by atoms with van der Waals surface area (Å²) in [6.45, 7) is 3.98. The molecule has 1 atom stereocenters. The summed E-state index contributed by atoms with van der Waals surface area (Å²) in [7, 11) is 1.57. The van der Waals surface area contributed by atoms with Gasteiger partial charge in [0, 0.05) is 0 Å². The Morgan fingerprint density at radius 2 is 1.81 bits per heavy atom. The lowest BCUT2D eigenvalue weighted by molar-refractivity contribution is -0.134. The van der Waals surface area contributed by atoms with Crippen molar-refractivity contribution < 1.29 is 14.3 Å². The molecule has 2 aromatic rings. The maximum absolute atomic E-state index is 12.1. The van der Waals surface area contributed by atoms with Gasteiger partial charge in [-0.25, -0.2) is 0 Å². The second-order valence-electron chi connectivity index (χ2n) is 5.14. The van der Waals surface area contributed by atoms with Crippen molar-refractivity contribution >= 4 is 5.97 Å². The Morgan fingerprint density at radius 1 is 1.10 bits per heavy atom. The minimum atomic E-state index is -0.256. The highest BCUT2D eigenvalue weighted by atomic mass is 16.6. The maximum atomic E-state index is 12.1. The second kappa shape index (κ2) is 6.93. The molecule has 0 radical (unpaired) electrons. The minimum absolute atomic E-state index is 0.121. The molecule has 1 unspecified atom stereocenters. The first-order valence-electron chi connectivity index (χ1n) is 7.00. The third-order valence-electron chi connectivity index (χ3n) is 3.38. The van der Waals surface area contributed by atoms with E-state index in [-0.39, 0.29) is 11.9 Å². The second-order valence-corrected chi connectivity index (χ2v) is 5.14. The zero-order chi connectivity index (χ0) is 15.2. The maximum Gasteiger partial charge on any atom is 0.311 e. The average molecular weight is 284 g/mol. The summed E-state index contributed by atoms with van der Waals surface area (Å²) >= 11 is 0. The highest BCUT2D eigenvalue weighted by Gasteiger charge is 2.15. The molecule has 0 heterocycles. The molecular weight excluding hydrogens is 264 g/mol. The lowest BCUT2D eigenvalue weighted by Gasteiger charge is -2.13. The van der Waals surface area contributed by atoms with Crippen molar-refractivity contribution in [3.05, 3.63) is 59.7 Å². The predicted molar refractivity (Wildman–Crippen MR) is 82.8 cm³/mol. The smallest absolute Gasteiger partial charge is 0.311 e. The zero-order valence-corrected chi connectivity index (χ0v) is 12.6. The van der Waals surface area contributed by atoms with Gasteiger partial charge in [-0.1, -0.05) is 43.3 Å². The minimum Gasteiger partial charge on any atom is -0.493 e. The van der Waals surface area contributed by atoms with Crippen molar-refractivity contribution in [3.8, 4) is 11.5 Å². The van der Waals surface area contributed by atoms with E-state index in [0.717, 1.165) is 11.1 Å². The fourth-order valence-corrected chi connectivity index (χ4v) is 2.17. The monoisotopic (exact) mass is 284 g/mol. The van der Waals surface area contributed by atoms with E-state index >= 15 is 0 Å². The molecule has 0 aliphatic heterocycles. The van der Waals surface area contributed by atoms with E-state index in [0.29, 0.717) is 17.9 Å². The molecule has 0 aliphatic carbocycles. The van der Waals surface area contributed by atoms with Crippen LogP contribution in [0.15, 0.2) is 48.5 Å². The quantitative estimate of drug-likeness (QED) is 0.612. The van der Waals surface area contributed by atoms with Gasteiger partial charge < -0.3 is 9.47 Å². The topological polar surface area (TPSA) is 35.5 Å². The number of carbonyl (C=O) groups excluding carboxylic acids is 1. The number of ether oxygens (including phenoxy) is 2. The molecule has 0 saturated carbocycles. The van der Waals surface area contributed by atoms with Gasteiger partial charge in [0.15, 0.2) is 11.5 Å². The SMILES string of the molecule is COc1cc(C)ccc1OC(=O)CC(C)c1ccccc1. The molecule has 0 bridgehead atoms. The van der Waals surface area contributed by atoms with Crippen molar-refractivity contribution in [2.75, 3.05) is 7.11 Å². The Labute approximate surface area is 125 Å². The van der Waals surface area contributed by atoms with Gasteiger partial charge in [0.2, 0.25) is 0 Å². The standard InChI is InChI=1S/C18H20O3/c1-13-9-10-16(17(11-13)20-3)21-18(19)12-14(2)15-7-5-4-6-8-15/h4-11,14H,12H2,1-3H3. The number of hydrogen-bond donors (Lipinski definition) is 0. The van der Waals surface area contributed by atoms with Gasteiger partial charge in [0.1, 0.15) is 0 Å². The van der Waals surface area contributed by atoms with E-state index < -0.39 is 0 Å². The number of benzene rings is 2. The molecule has 2 rings (SSSR count). The van der Waals surface area contributed by atoms with Crippen molar-refractivity contribution in [3.63, 3.8) is 0 Å². The molecule has 3 nitrogen and oxygen atoms in total. The molecule has 21 heavy (non-hydrogen) atoms. The van der Waals surface area contributed by atoms with E-state index in [2.05, 4.69) is 0 Å². The third-order valence-corrected chi connectivity index (χ3v) is 3.38. The summed E-state index contributed by atoms with van der Waals surface area (Å²) in [5.41, 5.74) is 2.19. The number of rotatable bonds is 5. The fraction of sp³-hybridized carbons (Fsp3) is 0.278. The van der Waals surface area contributed by atoms with Crippen LogP contribution in [0.2, 0.25) is 0 Å². The van der Waals surface area contributed by atoms with Gasteiger partial charge in [-0.3, -0.25) is 4.79 Å². The number of esters is 1. The normalized spacial score (nSPS) is 11.8. The summed E-state index contributed by atoms with van der Waals surface area (Å²) in [6.07, 6.45) is 0.334. The highest BCUT2D eigenvalue weighted by Crippen LogP contribution is 2.29. The third kappa shape index (κ3) is 4.09. The Morgan fingerprint density at radius 3 is 2.48 bits per heavy atom. The lowest BCUT2D eigenvalue weighted by Crippen LogP contribution is -2.12. The van der Waals surface area contributed by atoms with Gasteiger partial charge >= 0.3 is 5.97 Å². The van der Waals surface area contributed by atoms with Crippen LogP contribution in [0.3, 0.4) is 0 Å². The van der Waals surface area contributed by atoms with E-state index in [1.54, 1.807) is 13.2 Å². The summed E-state index contributed by atoms with van der Waals surface area (Å²) in [6, 6.07) is 15.5. The molecule has 0 spiro atoms. The van der Waals surface area contributed by atoms with E-state index in [1.165, 1.54) is 0 Å². The molecular formula is C18H20O3. The highest BCUT2D eigenvalue weighted by molar-refractivity contribution is 5.74.